The van der Waals surface area contributed by atoms with E-state index in [2.05, 4.69) is 21.2 Å². The molecule has 0 heterocycles. The van der Waals surface area contributed by atoms with Gasteiger partial charge in [-0.1, -0.05) is 15.9 Å². The summed E-state index contributed by atoms with van der Waals surface area (Å²) in [5.74, 6) is 0.00749. The van der Waals surface area contributed by atoms with Crippen LogP contribution in [0.5, 0.6) is 0 Å². The second kappa shape index (κ2) is 6.06. The highest BCUT2D eigenvalue weighted by atomic mass is 79.9. The zero-order chi connectivity index (χ0) is 13.9. The van der Waals surface area contributed by atoms with Crippen molar-refractivity contribution in [2.24, 2.45) is 5.41 Å². The topological polar surface area (TPSA) is 38.3 Å². The fourth-order valence-corrected chi connectivity index (χ4v) is 2.86. The van der Waals surface area contributed by atoms with Crippen molar-refractivity contribution in [2.45, 2.75) is 26.2 Å². The monoisotopic (exact) mass is 325 g/mol. The minimum atomic E-state index is 0.00749. The Balaban J connectivity index is 1.91. The Labute approximate surface area is 122 Å². The van der Waals surface area contributed by atoms with Crippen molar-refractivity contribution in [3.8, 4) is 0 Å². The molecule has 3 nitrogen and oxygen atoms in total. The van der Waals surface area contributed by atoms with Crippen LogP contribution in [0.4, 0.5) is 0 Å². The highest BCUT2D eigenvalue weighted by Crippen LogP contribution is 2.48. The van der Waals surface area contributed by atoms with Gasteiger partial charge >= 0.3 is 0 Å². The third kappa shape index (κ3) is 4.05. The molecule has 19 heavy (non-hydrogen) atoms. The van der Waals surface area contributed by atoms with Gasteiger partial charge < -0.3 is 10.1 Å². The van der Waals surface area contributed by atoms with Gasteiger partial charge in [0.1, 0.15) is 0 Å². The molecule has 104 valence electrons. The van der Waals surface area contributed by atoms with Crippen LogP contribution < -0.4 is 5.32 Å². The van der Waals surface area contributed by atoms with Gasteiger partial charge in [-0.15, -0.1) is 0 Å². The lowest BCUT2D eigenvalue weighted by atomic mass is 10.0. The van der Waals surface area contributed by atoms with Crippen LogP contribution in [0.25, 0.3) is 0 Å². The SMILES string of the molecule is COCCC1(CNC(=O)c2cc(C)cc(Br)c2)CC1. The maximum absolute atomic E-state index is 12.1. The lowest BCUT2D eigenvalue weighted by molar-refractivity contribution is 0.0938. The van der Waals surface area contributed by atoms with Gasteiger partial charge in [-0.25, -0.2) is 0 Å². The van der Waals surface area contributed by atoms with Gasteiger partial charge in [0.25, 0.3) is 5.91 Å². The molecule has 0 saturated heterocycles. The van der Waals surface area contributed by atoms with E-state index in [0.717, 1.165) is 35.2 Å². The fraction of sp³-hybridized carbons (Fsp3) is 0.533. The van der Waals surface area contributed by atoms with Gasteiger partial charge in [-0.3, -0.25) is 4.79 Å². The number of nitrogens with one attached hydrogen (secondary N) is 1. The van der Waals surface area contributed by atoms with E-state index in [0.29, 0.717) is 0 Å². The van der Waals surface area contributed by atoms with Gasteiger partial charge in [0.05, 0.1) is 0 Å². The molecule has 1 aliphatic rings. The predicted molar refractivity (Wildman–Crippen MR) is 79.4 cm³/mol. The standard InChI is InChI=1S/C15H20BrNO2/c1-11-7-12(9-13(16)8-11)14(18)17-10-15(3-4-15)5-6-19-2/h7-9H,3-6,10H2,1-2H3,(H,17,18). The third-order valence-electron chi connectivity index (χ3n) is 3.72. The smallest absolute Gasteiger partial charge is 0.251 e. The summed E-state index contributed by atoms with van der Waals surface area (Å²) in [6.45, 7) is 3.51. The highest BCUT2D eigenvalue weighted by Gasteiger charge is 2.42. The summed E-state index contributed by atoms with van der Waals surface area (Å²) in [5, 5.41) is 3.05. The van der Waals surface area contributed by atoms with E-state index in [1.54, 1.807) is 7.11 Å². The molecule has 1 aliphatic carbocycles. The lowest BCUT2D eigenvalue weighted by Gasteiger charge is -2.15. The van der Waals surface area contributed by atoms with Gasteiger partial charge in [0.15, 0.2) is 0 Å². The number of rotatable bonds is 6. The van der Waals surface area contributed by atoms with Crippen LogP contribution in [0.15, 0.2) is 22.7 Å². The zero-order valence-electron chi connectivity index (χ0n) is 11.5. The summed E-state index contributed by atoms with van der Waals surface area (Å²) in [7, 11) is 1.72. The Morgan fingerprint density at radius 3 is 2.74 bits per heavy atom. The quantitative estimate of drug-likeness (QED) is 0.871. The molecular formula is C15H20BrNO2. The van der Waals surface area contributed by atoms with Crippen LogP contribution in [-0.4, -0.2) is 26.2 Å². The molecule has 2 rings (SSSR count). The second-order valence-electron chi connectivity index (χ2n) is 5.44. The van der Waals surface area contributed by atoms with Crippen LogP contribution in [0.2, 0.25) is 0 Å². The van der Waals surface area contributed by atoms with E-state index < -0.39 is 0 Å². The van der Waals surface area contributed by atoms with Gasteiger partial charge in [-0.2, -0.15) is 0 Å². The first-order valence-corrected chi connectivity index (χ1v) is 7.38. The van der Waals surface area contributed by atoms with E-state index in [-0.39, 0.29) is 11.3 Å². The van der Waals surface area contributed by atoms with Crippen molar-refractivity contribution < 1.29 is 9.53 Å². The molecule has 1 amide bonds. The highest BCUT2D eigenvalue weighted by molar-refractivity contribution is 9.10. The van der Waals surface area contributed by atoms with E-state index >= 15 is 0 Å². The van der Waals surface area contributed by atoms with Crippen molar-refractivity contribution in [3.63, 3.8) is 0 Å². The minimum absolute atomic E-state index is 0.00749. The Hall–Kier alpha value is -0.870. The van der Waals surface area contributed by atoms with Crippen molar-refractivity contribution >= 4 is 21.8 Å². The molecule has 4 heteroatoms. The normalized spacial score (nSPS) is 16.2. The van der Waals surface area contributed by atoms with Crippen molar-refractivity contribution in [1.82, 2.24) is 5.32 Å². The Morgan fingerprint density at radius 1 is 1.42 bits per heavy atom. The lowest BCUT2D eigenvalue weighted by Crippen LogP contribution is -2.30. The number of aryl methyl sites for hydroxylation is 1. The van der Waals surface area contributed by atoms with Crippen LogP contribution in [0, 0.1) is 12.3 Å². The molecule has 0 atom stereocenters. The first kappa shape index (κ1) is 14.5. The summed E-state index contributed by atoms with van der Waals surface area (Å²) in [6, 6.07) is 5.77. The van der Waals surface area contributed by atoms with Gasteiger partial charge in [0.2, 0.25) is 0 Å². The molecule has 0 aromatic heterocycles. The third-order valence-corrected chi connectivity index (χ3v) is 4.18. The predicted octanol–water partition coefficient (Wildman–Crippen LogP) is 3.30. The first-order chi connectivity index (χ1) is 9.04. The van der Waals surface area contributed by atoms with E-state index in [4.69, 9.17) is 4.74 Å². The largest absolute Gasteiger partial charge is 0.385 e. The maximum atomic E-state index is 12.1. The summed E-state index contributed by atoms with van der Waals surface area (Å²) in [5.41, 5.74) is 2.08. The number of methoxy groups -OCH3 is 1. The molecule has 1 aromatic carbocycles. The second-order valence-corrected chi connectivity index (χ2v) is 6.36. The molecule has 0 aliphatic heterocycles. The molecule has 0 spiro atoms. The molecule has 1 saturated carbocycles. The van der Waals surface area contributed by atoms with E-state index in [1.165, 1.54) is 12.8 Å². The molecule has 0 bridgehead atoms. The summed E-state index contributed by atoms with van der Waals surface area (Å²) >= 11 is 3.42. The van der Waals surface area contributed by atoms with Crippen LogP contribution in [0.3, 0.4) is 0 Å². The number of hydrogen-bond acceptors (Lipinski definition) is 2. The van der Waals surface area contributed by atoms with Gasteiger partial charge in [0, 0.05) is 30.3 Å². The molecule has 0 unspecified atom stereocenters. The number of ether oxygens (including phenoxy) is 1. The summed E-state index contributed by atoms with van der Waals surface area (Å²) < 4.78 is 6.06. The molecule has 1 fully saturated rings. The van der Waals surface area contributed by atoms with Crippen molar-refractivity contribution in [3.05, 3.63) is 33.8 Å². The van der Waals surface area contributed by atoms with Crippen molar-refractivity contribution in [1.29, 1.82) is 0 Å². The molecule has 1 aromatic rings. The van der Waals surface area contributed by atoms with Crippen molar-refractivity contribution in [2.75, 3.05) is 20.3 Å². The number of amides is 1. The summed E-state index contributed by atoms with van der Waals surface area (Å²) in [4.78, 5) is 12.1. The van der Waals surface area contributed by atoms with Crippen LogP contribution in [-0.2, 0) is 4.74 Å². The zero-order valence-corrected chi connectivity index (χ0v) is 13.0. The first-order valence-electron chi connectivity index (χ1n) is 6.59. The Kier molecular flexibility index (Phi) is 4.63. The molecular weight excluding hydrogens is 306 g/mol. The van der Waals surface area contributed by atoms with E-state index in [1.807, 2.05) is 25.1 Å². The van der Waals surface area contributed by atoms with E-state index in [9.17, 15) is 4.79 Å². The molecule has 1 N–H and O–H groups in total. The van der Waals surface area contributed by atoms with Gasteiger partial charge in [-0.05, 0) is 55.4 Å². The number of benzene rings is 1. The Morgan fingerprint density at radius 2 is 2.16 bits per heavy atom. The molecule has 0 radical (unpaired) electrons. The fourth-order valence-electron chi connectivity index (χ4n) is 2.25. The number of halogens is 1. The number of carbonyl (C=O) groups is 1. The Bertz CT molecular complexity index is 449. The maximum Gasteiger partial charge on any atom is 0.251 e. The number of carbonyl (C=O) groups excluding carboxylic acids is 1. The minimum Gasteiger partial charge on any atom is -0.385 e. The average Bonchev–Trinajstić information content (AvgIpc) is 3.13. The van der Waals surface area contributed by atoms with Crippen LogP contribution >= 0.6 is 15.9 Å². The van der Waals surface area contributed by atoms with Crippen LogP contribution in [0.1, 0.15) is 35.2 Å². The number of hydrogen-bond donors (Lipinski definition) is 1. The average molecular weight is 326 g/mol. The summed E-state index contributed by atoms with van der Waals surface area (Å²) in [6.07, 6.45) is 3.41.